The molecular weight excluding hydrogens is 590 g/mol. The van der Waals surface area contributed by atoms with Gasteiger partial charge in [0.1, 0.15) is 16.6 Å². The van der Waals surface area contributed by atoms with Gasteiger partial charge in [0.15, 0.2) is 18.5 Å². The lowest BCUT2D eigenvalue weighted by Gasteiger charge is -2.43. The summed E-state index contributed by atoms with van der Waals surface area (Å²) in [5.74, 6) is -1.83. The Morgan fingerprint density at radius 3 is 1.77 bits per heavy atom. The van der Waals surface area contributed by atoms with Crippen LogP contribution in [0.25, 0.3) is 0 Å². The molecule has 2 aromatic carbocycles. The van der Waals surface area contributed by atoms with E-state index in [0.29, 0.717) is 10.6 Å². The number of hydrogen-bond donors (Lipinski definition) is 0. The predicted octanol–water partition coefficient (Wildman–Crippen LogP) is 2.89. The zero-order chi connectivity index (χ0) is 25.6. The van der Waals surface area contributed by atoms with Crippen molar-refractivity contribution < 1.29 is 42.4 Å². The normalized spacial score (nSPS) is 24.3. The second-order valence-electron chi connectivity index (χ2n) is 7.77. The van der Waals surface area contributed by atoms with Gasteiger partial charge in [0.2, 0.25) is 0 Å². The molecule has 0 unspecified atom stereocenters. The largest absolute Gasteiger partial charge is 0.463 e. The van der Waals surface area contributed by atoms with Gasteiger partial charge in [0, 0.05) is 31.4 Å². The van der Waals surface area contributed by atoms with Gasteiger partial charge in [-0.25, -0.2) is 0 Å². The highest BCUT2D eigenvalue weighted by atomic mass is 127. The number of esters is 3. The Bertz CT molecular complexity index is 1040. The van der Waals surface area contributed by atoms with Gasteiger partial charge in [-0.1, -0.05) is 59.0 Å². The van der Waals surface area contributed by atoms with Crippen LogP contribution in [0, 0.1) is 0 Å². The fraction of sp³-hybridized carbons (Fsp3) is 0.375. The molecule has 0 radical (unpaired) electrons. The van der Waals surface area contributed by atoms with Crippen LogP contribution >= 0.6 is 30.0 Å². The topological polar surface area (TPSA) is 114 Å². The summed E-state index contributed by atoms with van der Waals surface area (Å²) >= 11 is 1.96. The summed E-state index contributed by atoms with van der Waals surface area (Å²) in [5, 5.41) is 0.891. The molecule has 0 amide bonds. The first-order chi connectivity index (χ1) is 16.6. The molecule has 0 bridgehead atoms. The van der Waals surface area contributed by atoms with Crippen molar-refractivity contribution in [2.75, 3.05) is 6.61 Å². The molecule has 1 fully saturated rings. The molecule has 1 heterocycles. The molecule has 3 rings (SSSR count). The minimum absolute atomic E-state index is 0.296. The van der Waals surface area contributed by atoms with Crippen LogP contribution in [0.15, 0.2) is 60.7 Å². The molecular formula is C24H26IO9P. The van der Waals surface area contributed by atoms with Crippen molar-refractivity contribution in [2.45, 2.75) is 49.3 Å². The second-order valence-corrected chi connectivity index (χ2v) is 11.6. The maximum atomic E-state index is 14.4. The summed E-state index contributed by atoms with van der Waals surface area (Å²) in [6, 6.07) is 17.4. The van der Waals surface area contributed by atoms with Crippen molar-refractivity contribution >= 4 is 58.5 Å². The highest BCUT2D eigenvalue weighted by Gasteiger charge is 2.51. The van der Waals surface area contributed by atoms with E-state index in [1.54, 1.807) is 60.7 Å². The Kier molecular flexibility index (Phi) is 9.46. The van der Waals surface area contributed by atoms with E-state index in [1.165, 1.54) is 20.8 Å². The predicted molar refractivity (Wildman–Crippen MR) is 135 cm³/mol. The number of carbonyl (C=O) groups excluding carboxylic acids is 3. The summed E-state index contributed by atoms with van der Waals surface area (Å²) in [6.07, 6.45) is -4.30. The van der Waals surface area contributed by atoms with E-state index in [9.17, 15) is 18.9 Å². The van der Waals surface area contributed by atoms with E-state index in [4.69, 9.17) is 23.5 Å². The monoisotopic (exact) mass is 616 g/mol. The smallest absolute Gasteiger partial charge is 0.303 e. The van der Waals surface area contributed by atoms with Gasteiger partial charge in [0.05, 0.1) is 0 Å². The molecule has 35 heavy (non-hydrogen) atoms. The van der Waals surface area contributed by atoms with Gasteiger partial charge in [-0.2, -0.15) is 0 Å². The first kappa shape index (κ1) is 27.3. The van der Waals surface area contributed by atoms with E-state index in [1.807, 2.05) is 22.6 Å². The molecule has 2 aromatic rings. The highest BCUT2D eigenvalue weighted by Crippen LogP contribution is 2.49. The fourth-order valence-corrected chi connectivity index (χ4v) is 6.86. The molecule has 11 heteroatoms. The average molecular weight is 616 g/mol. The molecule has 1 aliphatic heterocycles. The number of halogens is 1. The van der Waals surface area contributed by atoms with Crippen molar-refractivity contribution in [1.82, 2.24) is 0 Å². The molecule has 9 nitrogen and oxygen atoms in total. The molecule has 188 valence electrons. The van der Waals surface area contributed by atoms with E-state index < -0.39 is 53.8 Å². The first-order valence-electron chi connectivity index (χ1n) is 10.8. The standard InChI is InChI=1S/C24H26IO9P/c1-15(26)30-14-20-22(31-16(2)27)23(32-17(3)28)21(25)24(33-20)34-35(29,18-10-6-4-7-11-18)19-12-8-5-9-13-19/h4-13,20-24H,14H2,1-3H3/t20-,21+,22-,23-,24-/m1/s1. The highest BCUT2D eigenvalue weighted by molar-refractivity contribution is 14.1. The lowest BCUT2D eigenvalue weighted by atomic mass is 10.0. The van der Waals surface area contributed by atoms with E-state index in [-0.39, 0.29) is 6.61 Å². The Morgan fingerprint density at radius 1 is 0.829 bits per heavy atom. The van der Waals surface area contributed by atoms with Crippen LogP contribution in [0.4, 0.5) is 0 Å². The molecule has 1 aliphatic rings. The summed E-state index contributed by atoms with van der Waals surface area (Å²) < 4.78 is 42.0. The molecule has 1 saturated heterocycles. The number of alkyl halides is 1. The number of hydrogen-bond acceptors (Lipinski definition) is 9. The average Bonchev–Trinajstić information content (AvgIpc) is 2.82. The van der Waals surface area contributed by atoms with E-state index in [0.717, 1.165) is 0 Å². The lowest BCUT2D eigenvalue weighted by molar-refractivity contribution is -0.239. The summed E-state index contributed by atoms with van der Waals surface area (Å²) in [7, 11) is -3.69. The quantitative estimate of drug-likeness (QED) is 0.145. The van der Waals surface area contributed by atoms with Gasteiger partial charge in [0.25, 0.3) is 7.37 Å². The molecule has 0 saturated carbocycles. The van der Waals surface area contributed by atoms with Gasteiger partial charge < -0.3 is 18.9 Å². The van der Waals surface area contributed by atoms with Crippen LogP contribution in [-0.2, 0) is 42.4 Å². The fourth-order valence-electron chi connectivity index (χ4n) is 3.61. The SMILES string of the molecule is CC(=O)OC[C@H]1O[C@H](OP(=O)(c2ccccc2)c2ccccc2)[C@@H](I)[C@@H](OC(C)=O)[C@@H]1OC(C)=O. The molecule has 0 aromatic heterocycles. The van der Waals surface area contributed by atoms with Gasteiger partial charge in [-0.3, -0.25) is 23.5 Å². The van der Waals surface area contributed by atoms with Crippen LogP contribution in [0.1, 0.15) is 20.8 Å². The zero-order valence-corrected chi connectivity index (χ0v) is 22.4. The Labute approximate surface area is 217 Å². The molecule has 0 spiro atoms. The maximum absolute atomic E-state index is 14.4. The summed E-state index contributed by atoms with van der Waals surface area (Å²) in [4.78, 5) is 35.2. The minimum atomic E-state index is -3.69. The van der Waals surface area contributed by atoms with Crippen LogP contribution in [0.5, 0.6) is 0 Å². The van der Waals surface area contributed by atoms with Gasteiger partial charge in [-0.05, 0) is 24.3 Å². The third kappa shape index (κ3) is 6.91. The zero-order valence-electron chi connectivity index (χ0n) is 19.4. The Morgan fingerprint density at radius 2 is 1.31 bits per heavy atom. The number of carbonyl (C=O) groups is 3. The van der Waals surface area contributed by atoms with Crippen molar-refractivity contribution in [3.8, 4) is 0 Å². The van der Waals surface area contributed by atoms with Gasteiger partial charge >= 0.3 is 17.9 Å². The van der Waals surface area contributed by atoms with Crippen molar-refractivity contribution in [3.63, 3.8) is 0 Å². The molecule has 0 N–H and O–H groups in total. The van der Waals surface area contributed by atoms with Crippen molar-refractivity contribution in [2.24, 2.45) is 0 Å². The van der Waals surface area contributed by atoms with E-state index in [2.05, 4.69) is 0 Å². The Hall–Kier alpha value is -2.27. The second kappa shape index (κ2) is 12.1. The third-order valence-electron chi connectivity index (χ3n) is 5.07. The van der Waals surface area contributed by atoms with Crippen molar-refractivity contribution in [3.05, 3.63) is 60.7 Å². The lowest BCUT2D eigenvalue weighted by Crippen LogP contribution is -2.60. The molecule has 0 aliphatic carbocycles. The minimum Gasteiger partial charge on any atom is -0.463 e. The first-order valence-corrected chi connectivity index (χ1v) is 13.7. The molecule has 5 atom stereocenters. The summed E-state index contributed by atoms with van der Waals surface area (Å²) in [5.41, 5.74) is 0. The van der Waals surface area contributed by atoms with Crippen LogP contribution in [0.3, 0.4) is 0 Å². The number of rotatable bonds is 8. The van der Waals surface area contributed by atoms with Crippen LogP contribution in [-0.4, -0.2) is 53.0 Å². The Balaban J connectivity index is 2.02. The van der Waals surface area contributed by atoms with E-state index >= 15 is 0 Å². The number of ether oxygens (including phenoxy) is 4. The third-order valence-corrected chi connectivity index (χ3v) is 8.83. The van der Waals surface area contributed by atoms with Gasteiger partial charge in [-0.15, -0.1) is 0 Å². The van der Waals surface area contributed by atoms with Crippen LogP contribution in [0.2, 0.25) is 0 Å². The maximum Gasteiger partial charge on any atom is 0.303 e. The van der Waals surface area contributed by atoms with Crippen LogP contribution < -0.4 is 10.6 Å². The summed E-state index contributed by atoms with van der Waals surface area (Å²) in [6.45, 7) is 3.35. The number of benzene rings is 2. The van der Waals surface area contributed by atoms with Crippen molar-refractivity contribution in [1.29, 1.82) is 0 Å².